The van der Waals surface area contributed by atoms with Crippen molar-refractivity contribution >= 4 is 23.2 Å². The van der Waals surface area contributed by atoms with Crippen LogP contribution < -0.4 is 5.32 Å². The third kappa shape index (κ3) is 3.54. The quantitative estimate of drug-likeness (QED) is 0.899. The Morgan fingerprint density at radius 3 is 2.32 bits per heavy atom. The highest BCUT2D eigenvalue weighted by Crippen LogP contribution is 2.41. The highest BCUT2D eigenvalue weighted by molar-refractivity contribution is 6.35. The summed E-state index contributed by atoms with van der Waals surface area (Å²) in [5.41, 5.74) is 0.0560. The maximum atomic E-state index is 13.3. The maximum absolute atomic E-state index is 13.3. The number of alkyl halides is 3. The zero-order chi connectivity index (χ0) is 14.0. The van der Waals surface area contributed by atoms with Crippen molar-refractivity contribution in [3.05, 3.63) is 33.8 Å². The second-order valence-electron chi connectivity index (χ2n) is 4.40. The van der Waals surface area contributed by atoms with Crippen molar-refractivity contribution in [1.29, 1.82) is 0 Å². The van der Waals surface area contributed by atoms with Crippen molar-refractivity contribution < 1.29 is 13.2 Å². The van der Waals surface area contributed by atoms with E-state index in [1.165, 1.54) is 23.1 Å². The highest BCUT2D eigenvalue weighted by atomic mass is 35.5. The molecule has 1 aromatic rings. The van der Waals surface area contributed by atoms with Crippen molar-refractivity contribution in [2.24, 2.45) is 0 Å². The lowest BCUT2D eigenvalue weighted by Crippen LogP contribution is -2.49. The van der Waals surface area contributed by atoms with Gasteiger partial charge in [0.2, 0.25) is 0 Å². The zero-order valence-electron chi connectivity index (χ0n) is 9.97. The van der Waals surface area contributed by atoms with Crippen LogP contribution in [0.4, 0.5) is 13.2 Å². The molecule has 0 bridgehead atoms. The van der Waals surface area contributed by atoms with Gasteiger partial charge < -0.3 is 5.32 Å². The molecule has 7 heteroatoms. The molecular formula is C12H13Cl2F3N2. The molecule has 19 heavy (non-hydrogen) atoms. The lowest BCUT2D eigenvalue weighted by Gasteiger charge is -2.36. The molecule has 1 saturated heterocycles. The van der Waals surface area contributed by atoms with Gasteiger partial charge in [0.25, 0.3) is 0 Å². The Morgan fingerprint density at radius 2 is 1.79 bits per heavy atom. The number of hydrogen-bond donors (Lipinski definition) is 1. The Bertz CT molecular complexity index is 445. The van der Waals surface area contributed by atoms with Gasteiger partial charge >= 0.3 is 6.18 Å². The average molecular weight is 313 g/mol. The van der Waals surface area contributed by atoms with Gasteiger partial charge in [-0.25, -0.2) is 0 Å². The summed E-state index contributed by atoms with van der Waals surface area (Å²) in [6.45, 7) is 1.75. The van der Waals surface area contributed by atoms with Crippen LogP contribution in [0.15, 0.2) is 18.2 Å². The van der Waals surface area contributed by atoms with Crippen LogP contribution in [0, 0.1) is 0 Å². The first-order chi connectivity index (χ1) is 8.89. The van der Waals surface area contributed by atoms with Gasteiger partial charge in [0.15, 0.2) is 0 Å². The molecule has 1 N–H and O–H groups in total. The minimum atomic E-state index is -4.37. The molecule has 0 unspecified atom stereocenters. The highest BCUT2D eigenvalue weighted by Gasteiger charge is 2.45. The van der Waals surface area contributed by atoms with E-state index in [1.54, 1.807) is 0 Å². The minimum Gasteiger partial charge on any atom is -0.314 e. The Labute approximate surface area is 119 Å². The molecule has 1 aliphatic heterocycles. The van der Waals surface area contributed by atoms with E-state index in [4.69, 9.17) is 23.2 Å². The number of benzene rings is 1. The van der Waals surface area contributed by atoms with Crippen molar-refractivity contribution in [3.8, 4) is 0 Å². The van der Waals surface area contributed by atoms with Gasteiger partial charge in [-0.15, -0.1) is 0 Å². The summed E-state index contributed by atoms with van der Waals surface area (Å²) in [6, 6.07) is 2.45. The van der Waals surface area contributed by atoms with Crippen molar-refractivity contribution in [2.75, 3.05) is 26.2 Å². The Balaban J connectivity index is 2.36. The van der Waals surface area contributed by atoms with Gasteiger partial charge in [-0.3, -0.25) is 4.90 Å². The van der Waals surface area contributed by atoms with E-state index < -0.39 is 12.2 Å². The fraction of sp³-hybridized carbons (Fsp3) is 0.500. The van der Waals surface area contributed by atoms with Crippen molar-refractivity contribution in [3.63, 3.8) is 0 Å². The first-order valence-electron chi connectivity index (χ1n) is 5.86. The Hall–Kier alpha value is -0.490. The molecule has 0 amide bonds. The number of nitrogens with zero attached hydrogens (tertiary/aromatic N) is 1. The van der Waals surface area contributed by atoms with Crippen LogP contribution in [0.3, 0.4) is 0 Å². The SMILES string of the molecule is FC(F)(F)[C@H](c1ccc(Cl)cc1Cl)N1CCNCC1. The summed E-state index contributed by atoms with van der Waals surface area (Å²) in [4.78, 5) is 1.39. The first kappa shape index (κ1) is 14.9. The van der Waals surface area contributed by atoms with E-state index in [0.29, 0.717) is 31.2 Å². The predicted octanol–water partition coefficient (Wildman–Crippen LogP) is 3.50. The number of nitrogens with one attached hydrogen (secondary N) is 1. The van der Waals surface area contributed by atoms with Gasteiger partial charge in [-0.2, -0.15) is 13.2 Å². The molecule has 1 aliphatic rings. The summed E-state index contributed by atoms with van der Waals surface area (Å²) < 4.78 is 40.0. The lowest BCUT2D eigenvalue weighted by atomic mass is 10.0. The van der Waals surface area contributed by atoms with E-state index in [-0.39, 0.29) is 10.6 Å². The molecular weight excluding hydrogens is 300 g/mol. The third-order valence-electron chi connectivity index (χ3n) is 3.08. The van der Waals surface area contributed by atoms with Gasteiger partial charge in [0.05, 0.1) is 0 Å². The molecule has 1 heterocycles. The normalized spacial score (nSPS) is 19.4. The van der Waals surface area contributed by atoms with E-state index in [9.17, 15) is 13.2 Å². The smallest absolute Gasteiger partial charge is 0.314 e. The third-order valence-corrected chi connectivity index (χ3v) is 3.65. The van der Waals surface area contributed by atoms with Crippen molar-refractivity contribution in [2.45, 2.75) is 12.2 Å². The summed E-state index contributed by atoms with van der Waals surface area (Å²) >= 11 is 11.7. The standard InChI is InChI=1S/C12H13Cl2F3N2/c13-8-1-2-9(10(14)7-8)11(12(15,16)17)19-5-3-18-4-6-19/h1-2,7,11,18H,3-6H2/t11-/m0/s1. The van der Waals surface area contributed by atoms with E-state index in [2.05, 4.69) is 5.32 Å². The molecule has 0 radical (unpaired) electrons. The number of piperazine rings is 1. The Morgan fingerprint density at radius 1 is 1.16 bits per heavy atom. The lowest BCUT2D eigenvalue weighted by molar-refractivity contribution is -0.187. The van der Waals surface area contributed by atoms with Gasteiger partial charge in [-0.05, 0) is 17.7 Å². The maximum Gasteiger partial charge on any atom is 0.408 e. The van der Waals surface area contributed by atoms with Crippen LogP contribution in [-0.4, -0.2) is 37.3 Å². The van der Waals surface area contributed by atoms with Crippen LogP contribution in [0.1, 0.15) is 11.6 Å². The monoisotopic (exact) mass is 312 g/mol. The van der Waals surface area contributed by atoms with Crippen LogP contribution in [0.5, 0.6) is 0 Å². The van der Waals surface area contributed by atoms with Gasteiger partial charge in [0, 0.05) is 36.2 Å². The molecule has 2 nitrogen and oxygen atoms in total. The molecule has 106 valence electrons. The van der Waals surface area contributed by atoms with E-state index in [0.717, 1.165) is 0 Å². The average Bonchev–Trinajstić information content (AvgIpc) is 2.32. The molecule has 1 fully saturated rings. The first-order valence-corrected chi connectivity index (χ1v) is 6.61. The number of rotatable bonds is 2. The molecule has 2 rings (SSSR count). The minimum absolute atomic E-state index is 0.0494. The van der Waals surface area contributed by atoms with Crippen LogP contribution in [0.25, 0.3) is 0 Å². The van der Waals surface area contributed by atoms with Crippen LogP contribution >= 0.6 is 23.2 Å². The fourth-order valence-corrected chi connectivity index (χ4v) is 2.76. The number of hydrogen-bond acceptors (Lipinski definition) is 2. The van der Waals surface area contributed by atoms with Crippen molar-refractivity contribution in [1.82, 2.24) is 10.2 Å². The predicted molar refractivity (Wildman–Crippen MR) is 69.7 cm³/mol. The van der Waals surface area contributed by atoms with E-state index >= 15 is 0 Å². The summed E-state index contributed by atoms with van der Waals surface area (Å²) in [5.74, 6) is 0. The molecule has 0 aromatic heterocycles. The van der Waals surface area contributed by atoms with Crippen LogP contribution in [0.2, 0.25) is 10.0 Å². The largest absolute Gasteiger partial charge is 0.408 e. The molecule has 1 aromatic carbocycles. The molecule has 0 spiro atoms. The second kappa shape index (κ2) is 5.87. The van der Waals surface area contributed by atoms with Crippen LogP contribution in [-0.2, 0) is 0 Å². The zero-order valence-corrected chi connectivity index (χ0v) is 11.5. The summed E-state index contributed by atoms with van der Waals surface area (Å²) in [5, 5.41) is 3.41. The summed E-state index contributed by atoms with van der Waals surface area (Å²) in [7, 11) is 0. The van der Waals surface area contributed by atoms with E-state index in [1.807, 2.05) is 0 Å². The van der Waals surface area contributed by atoms with Gasteiger partial charge in [-0.1, -0.05) is 29.3 Å². The fourth-order valence-electron chi connectivity index (χ4n) is 2.24. The number of halogens is 5. The Kier molecular flexibility index (Phi) is 4.61. The van der Waals surface area contributed by atoms with Gasteiger partial charge in [0.1, 0.15) is 6.04 Å². The molecule has 0 aliphatic carbocycles. The topological polar surface area (TPSA) is 15.3 Å². The summed E-state index contributed by atoms with van der Waals surface area (Å²) in [6.07, 6.45) is -4.37. The molecule has 1 atom stereocenters. The molecule has 0 saturated carbocycles. The second-order valence-corrected chi connectivity index (χ2v) is 5.24.